The van der Waals surface area contributed by atoms with E-state index in [1.54, 1.807) is 6.92 Å². The first-order chi connectivity index (χ1) is 14.5. The van der Waals surface area contributed by atoms with Gasteiger partial charge < -0.3 is 14.0 Å². The molecule has 1 atom stereocenters. The predicted octanol–water partition coefficient (Wildman–Crippen LogP) is 4.03. The number of hydrogen-bond donors (Lipinski definition) is 0. The van der Waals surface area contributed by atoms with Gasteiger partial charge in [0.2, 0.25) is 0 Å². The molecule has 3 aromatic rings. The highest BCUT2D eigenvalue weighted by Crippen LogP contribution is 2.39. The van der Waals surface area contributed by atoms with Crippen LogP contribution in [-0.4, -0.2) is 30.7 Å². The highest BCUT2D eigenvalue weighted by Gasteiger charge is 2.35. The first-order valence-corrected chi connectivity index (χ1v) is 9.74. The summed E-state index contributed by atoms with van der Waals surface area (Å²) in [6, 6.07) is 17.9. The van der Waals surface area contributed by atoms with Gasteiger partial charge in [-0.25, -0.2) is 0 Å². The van der Waals surface area contributed by atoms with Gasteiger partial charge in [-0.3, -0.25) is 9.59 Å². The Morgan fingerprint density at radius 2 is 1.57 bits per heavy atom. The summed E-state index contributed by atoms with van der Waals surface area (Å²) >= 11 is 0. The maximum absolute atomic E-state index is 12.4. The lowest BCUT2D eigenvalue weighted by atomic mass is 9.82. The molecule has 0 aliphatic carbocycles. The second-order valence-corrected chi connectivity index (χ2v) is 7.01. The number of carbonyl (C=O) groups excluding carboxylic acids is 2. The van der Waals surface area contributed by atoms with E-state index in [4.69, 9.17) is 9.47 Å². The highest BCUT2D eigenvalue weighted by molar-refractivity contribution is 5.95. The fraction of sp³-hybridized carbons (Fsp3) is 0.280. The van der Waals surface area contributed by atoms with E-state index in [1.807, 2.05) is 61.6 Å². The molecule has 2 aromatic carbocycles. The molecule has 30 heavy (non-hydrogen) atoms. The van der Waals surface area contributed by atoms with Crippen molar-refractivity contribution in [2.75, 3.05) is 14.2 Å². The van der Waals surface area contributed by atoms with Gasteiger partial charge >= 0.3 is 11.9 Å². The number of benzene rings is 2. The molecule has 0 amide bonds. The van der Waals surface area contributed by atoms with E-state index in [0.717, 1.165) is 27.7 Å². The molecule has 0 bridgehead atoms. The number of fused-ring (bicyclic) bond motifs is 1. The van der Waals surface area contributed by atoms with Crippen molar-refractivity contribution >= 4 is 22.8 Å². The van der Waals surface area contributed by atoms with E-state index in [-0.39, 0.29) is 12.3 Å². The fourth-order valence-corrected chi connectivity index (χ4v) is 3.96. The van der Waals surface area contributed by atoms with Gasteiger partial charge in [-0.15, -0.1) is 0 Å². The zero-order valence-corrected chi connectivity index (χ0v) is 17.6. The average molecular weight is 403 g/mol. The summed E-state index contributed by atoms with van der Waals surface area (Å²) in [7, 11) is 4.54. The van der Waals surface area contributed by atoms with Crippen LogP contribution < -0.4 is 0 Å². The van der Waals surface area contributed by atoms with Gasteiger partial charge in [0.05, 0.1) is 19.9 Å². The van der Waals surface area contributed by atoms with Crippen LogP contribution in [0.4, 0.5) is 0 Å². The van der Waals surface area contributed by atoms with Crippen LogP contribution in [0.25, 0.3) is 10.9 Å². The zero-order valence-electron chi connectivity index (χ0n) is 17.6. The van der Waals surface area contributed by atoms with Crippen LogP contribution in [0.3, 0.4) is 0 Å². The van der Waals surface area contributed by atoms with Crippen molar-refractivity contribution in [2.24, 2.45) is 13.0 Å². The number of aryl methyl sites for hydroxylation is 1. The van der Waals surface area contributed by atoms with E-state index in [9.17, 15) is 9.59 Å². The molecule has 0 saturated heterocycles. The highest BCUT2D eigenvalue weighted by atomic mass is 16.5. The second kappa shape index (κ2) is 9.32. The van der Waals surface area contributed by atoms with E-state index >= 15 is 0 Å². The maximum Gasteiger partial charge on any atom is 0.320 e. The predicted molar refractivity (Wildman–Crippen MR) is 116 cm³/mol. The molecule has 5 heteroatoms. The molecule has 0 radical (unpaired) electrons. The van der Waals surface area contributed by atoms with E-state index < -0.39 is 17.9 Å². The summed E-state index contributed by atoms with van der Waals surface area (Å²) in [5.41, 5.74) is 3.89. The van der Waals surface area contributed by atoms with Crippen molar-refractivity contribution < 1.29 is 19.1 Å². The summed E-state index contributed by atoms with van der Waals surface area (Å²) in [5, 5.41) is 1.04. The van der Waals surface area contributed by atoms with Crippen LogP contribution >= 0.6 is 0 Å². The van der Waals surface area contributed by atoms with Crippen LogP contribution in [-0.2, 0) is 26.1 Å². The third-order valence-corrected chi connectivity index (χ3v) is 5.38. The van der Waals surface area contributed by atoms with E-state index in [1.165, 1.54) is 14.2 Å². The van der Waals surface area contributed by atoms with Crippen molar-refractivity contribution in [1.82, 2.24) is 4.57 Å². The number of carbonyl (C=O) groups is 2. The molecule has 0 fully saturated rings. The number of methoxy groups -OCH3 is 2. The topological polar surface area (TPSA) is 57.5 Å². The maximum atomic E-state index is 12.4. The number of nitrogens with zero attached hydrogens (tertiary/aromatic N) is 1. The lowest BCUT2D eigenvalue weighted by Crippen LogP contribution is -2.28. The van der Waals surface area contributed by atoms with Gasteiger partial charge in [-0.1, -0.05) is 54.5 Å². The van der Waals surface area contributed by atoms with Crippen LogP contribution in [0.5, 0.6) is 0 Å². The van der Waals surface area contributed by atoms with Gasteiger partial charge in [0.1, 0.15) is 0 Å². The van der Waals surface area contributed by atoms with Crippen LogP contribution in [0.15, 0.2) is 54.6 Å². The third kappa shape index (κ3) is 3.95. The average Bonchev–Trinajstić information content (AvgIpc) is 3.06. The molecule has 154 valence electrons. The van der Waals surface area contributed by atoms with Gasteiger partial charge in [0.25, 0.3) is 0 Å². The van der Waals surface area contributed by atoms with Crippen LogP contribution in [0.2, 0.25) is 0 Å². The largest absolute Gasteiger partial charge is 0.468 e. The summed E-state index contributed by atoms with van der Waals surface area (Å²) in [5.74, 6) is 3.72. The Labute approximate surface area is 176 Å². The Bertz CT molecular complexity index is 1100. The van der Waals surface area contributed by atoms with Crippen molar-refractivity contribution in [3.8, 4) is 11.8 Å². The number of hydrogen-bond acceptors (Lipinski definition) is 4. The molecule has 1 aromatic heterocycles. The number of ether oxygens (including phenoxy) is 2. The zero-order chi connectivity index (χ0) is 21.7. The third-order valence-electron chi connectivity index (χ3n) is 5.38. The summed E-state index contributed by atoms with van der Waals surface area (Å²) in [4.78, 5) is 24.9. The molecule has 0 saturated carbocycles. The van der Waals surface area contributed by atoms with E-state index in [2.05, 4.69) is 16.4 Å². The lowest BCUT2D eigenvalue weighted by Gasteiger charge is -2.22. The van der Waals surface area contributed by atoms with Gasteiger partial charge in [0.15, 0.2) is 5.92 Å². The Kier molecular flexibility index (Phi) is 6.58. The van der Waals surface area contributed by atoms with Crippen molar-refractivity contribution in [3.05, 3.63) is 71.4 Å². The van der Waals surface area contributed by atoms with Crippen molar-refractivity contribution in [3.63, 3.8) is 0 Å². The Morgan fingerprint density at radius 3 is 2.17 bits per heavy atom. The molecule has 0 aliphatic rings. The summed E-state index contributed by atoms with van der Waals surface area (Å²) < 4.78 is 11.9. The number of para-hydroxylation sites is 1. The van der Waals surface area contributed by atoms with Crippen LogP contribution in [0.1, 0.15) is 36.1 Å². The first kappa shape index (κ1) is 21.2. The second-order valence-electron chi connectivity index (χ2n) is 7.01. The number of rotatable bonds is 6. The normalized spacial score (nSPS) is 11.6. The molecule has 0 spiro atoms. The molecular weight excluding hydrogens is 378 g/mol. The Balaban J connectivity index is 2.27. The van der Waals surface area contributed by atoms with E-state index in [0.29, 0.717) is 0 Å². The summed E-state index contributed by atoms with van der Waals surface area (Å²) in [6.45, 7) is 1.80. The monoisotopic (exact) mass is 403 g/mol. The Hall–Kier alpha value is -3.52. The molecule has 5 nitrogen and oxygen atoms in total. The molecule has 3 rings (SSSR count). The minimum atomic E-state index is -1.04. The van der Waals surface area contributed by atoms with Gasteiger partial charge in [-0.2, -0.15) is 0 Å². The van der Waals surface area contributed by atoms with Gasteiger partial charge in [0, 0.05) is 29.4 Å². The fourth-order valence-electron chi connectivity index (χ4n) is 3.96. The minimum absolute atomic E-state index is 0.218. The van der Waals surface area contributed by atoms with Crippen molar-refractivity contribution in [2.45, 2.75) is 19.3 Å². The minimum Gasteiger partial charge on any atom is -0.468 e. The molecule has 1 unspecified atom stereocenters. The van der Waals surface area contributed by atoms with Gasteiger partial charge in [-0.05, 0) is 30.9 Å². The smallest absolute Gasteiger partial charge is 0.320 e. The quantitative estimate of drug-likeness (QED) is 0.354. The SMILES string of the molecule is CC#Cc1c(C(CC(C(=O)OC)C(=O)OC)c2ccccc2)c2ccccc2n1C. The number of aromatic nitrogens is 1. The molecule has 0 N–H and O–H groups in total. The molecular formula is C25H25NO4. The first-order valence-electron chi connectivity index (χ1n) is 9.74. The molecule has 1 heterocycles. The molecule has 0 aliphatic heterocycles. The standard InChI is InChI=1S/C25H25NO4/c1-5-11-22-23(18-14-9-10-15-21(18)26(22)2)19(17-12-7-6-8-13-17)16-20(24(27)29-3)25(28)30-4/h6-10,12-15,19-20H,16H2,1-4H3. The van der Waals surface area contributed by atoms with Crippen molar-refractivity contribution in [1.29, 1.82) is 0 Å². The number of esters is 2. The lowest BCUT2D eigenvalue weighted by molar-refractivity contribution is -0.159. The summed E-state index contributed by atoms with van der Waals surface area (Å²) in [6.07, 6.45) is 0.218. The van der Waals surface area contributed by atoms with Crippen LogP contribution in [0, 0.1) is 17.8 Å². The Morgan fingerprint density at radius 1 is 0.967 bits per heavy atom.